The fourth-order valence-corrected chi connectivity index (χ4v) is 4.57. The molecule has 0 N–H and O–H groups in total. The Labute approximate surface area is 147 Å². The Morgan fingerprint density at radius 3 is 3.04 bits per heavy atom. The lowest BCUT2D eigenvalue weighted by molar-refractivity contribution is -0.0697. The Kier molecular flexibility index (Phi) is 4.57. The van der Waals surface area contributed by atoms with E-state index < -0.39 is 0 Å². The summed E-state index contributed by atoms with van der Waals surface area (Å²) in [6.45, 7) is 6.06. The molecule has 1 aromatic carbocycles. The van der Waals surface area contributed by atoms with Crippen molar-refractivity contribution in [3.05, 3.63) is 46.9 Å². The van der Waals surface area contributed by atoms with Crippen LogP contribution in [0.4, 0.5) is 0 Å². The van der Waals surface area contributed by atoms with Crippen LogP contribution < -0.4 is 4.74 Å². The lowest BCUT2D eigenvalue weighted by atomic mass is 9.89. The Hall–Kier alpha value is -1.43. The van der Waals surface area contributed by atoms with Crippen molar-refractivity contribution in [3.63, 3.8) is 0 Å². The van der Waals surface area contributed by atoms with E-state index in [4.69, 9.17) is 9.47 Å². The molecule has 2 aromatic rings. The van der Waals surface area contributed by atoms with Crippen LogP contribution in [0, 0.1) is 5.92 Å². The maximum atomic E-state index is 6.40. The number of likely N-dealkylation sites (tertiary alicyclic amines) is 1. The molecule has 3 heterocycles. The number of ether oxygens (including phenoxy) is 2. The molecule has 24 heavy (non-hydrogen) atoms. The Morgan fingerprint density at radius 2 is 2.25 bits per heavy atom. The summed E-state index contributed by atoms with van der Waals surface area (Å²) < 4.78 is 12.4. The highest BCUT2D eigenvalue weighted by atomic mass is 32.1. The van der Waals surface area contributed by atoms with Crippen LogP contribution >= 0.6 is 11.3 Å². The van der Waals surface area contributed by atoms with E-state index in [9.17, 15) is 0 Å². The number of aromatic nitrogens is 1. The summed E-state index contributed by atoms with van der Waals surface area (Å²) in [6, 6.07) is 10.0. The van der Waals surface area contributed by atoms with Gasteiger partial charge in [-0.05, 0) is 31.9 Å². The fraction of sp³-hybridized carbons (Fsp3) is 0.526. The van der Waals surface area contributed by atoms with E-state index in [1.54, 1.807) is 11.3 Å². The molecule has 4 rings (SSSR count). The molecule has 5 heteroatoms. The predicted octanol–water partition coefficient (Wildman–Crippen LogP) is 3.59. The van der Waals surface area contributed by atoms with Gasteiger partial charge in [0.1, 0.15) is 18.0 Å². The Bertz CT molecular complexity index is 649. The van der Waals surface area contributed by atoms with Gasteiger partial charge in [0.15, 0.2) is 0 Å². The summed E-state index contributed by atoms with van der Waals surface area (Å²) in [4.78, 5) is 8.07. The smallest absolute Gasteiger partial charge is 0.119 e. The minimum Gasteiger partial charge on any atom is -0.491 e. The number of para-hydroxylation sites is 1. The van der Waals surface area contributed by atoms with Crippen molar-refractivity contribution in [2.75, 3.05) is 19.7 Å². The number of nitrogens with zero attached hydrogens (tertiary/aromatic N) is 2. The number of piperidine rings is 1. The molecule has 0 radical (unpaired) electrons. The topological polar surface area (TPSA) is 34.6 Å². The molecule has 0 bridgehead atoms. The molecule has 2 fully saturated rings. The second-order valence-corrected chi connectivity index (χ2v) is 8.13. The summed E-state index contributed by atoms with van der Waals surface area (Å²) in [7, 11) is 0. The third-order valence-electron chi connectivity index (χ3n) is 5.03. The maximum Gasteiger partial charge on any atom is 0.119 e. The van der Waals surface area contributed by atoms with Crippen LogP contribution in [0.5, 0.6) is 5.75 Å². The van der Waals surface area contributed by atoms with Crippen molar-refractivity contribution < 1.29 is 9.47 Å². The van der Waals surface area contributed by atoms with E-state index in [1.807, 2.05) is 42.0 Å². The SMILES string of the molecule is C[C@]1(COc2ccccc2)C[C@@H]2CN(Cc3cncs3)CC[C@@H]2O1. The number of hydrogen-bond donors (Lipinski definition) is 0. The number of rotatable bonds is 5. The van der Waals surface area contributed by atoms with E-state index in [-0.39, 0.29) is 5.60 Å². The van der Waals surface area contributed by atoms with Gasteiger partial charge in [-0.25, -0.2) is 0 Å². The molecule has 0 aliphatic carbocycles. The van der Waals surface area contributed by atoms with Gasteiger partial charge in [-0.1, -0.05) is 18.2 Å². The van der Waals surface area contributed by atoms with Gasteiger partial charge in [0.2, 0.25) is 0 Å². The van der Waals surface area contributed by atoms with Crippen LogP contribution in [0.1, 0.15) is 24.6 Å². The first-order valence-corrected chi connectivity index (χ1v) is 9.54. The minimum absolute atomic E-state index is 0.175. The Morgan fingerprint density at radius 1 is 1.38 bits per heavy atom. The third kappa shape index (κ3) is 3.63. The predicted molar refractivity (Wildman–Crippen MR) is 95.3 cm³/mol. The lowest BCUT2D eigenvalue weighted by Crippen LogP contribution is -2.40. The largest absolute Gasteiger partial charge is 0.491 e. The van der Waals surface area contributed by atoms with Crippen LogP contribution in [0.2, 0.25) is 0 Å². The van der Waals surface area contributed by atoms with E-state index >= 15 is 0 Å². The van der Waals surface area contributed by atoms with Gasteiger partial charge in [-0.3, -0.25) is 9.88 Å². The minimum atomic E-state index is -0.175. The highest BCUT2D eigenvalue weighted by Gasteiger charge is 2.46. The molecule has 2 saturated heterocycles. The lowest BCUT2D eigenvalue weighted by Gasteiger charge is -2.33. The standard InChI is InChI=1S/C19H24N2O2S/c1-19(13-22-16-5-3-2-4-6-16)9-15-11-21(8-7-18(15)23-19)12-17-10-20-14-24-17/h2-6,10,14-15,18H,7-9,11-13H2,1H3/t15-,18+,19-/m1/s1. The monoisotopic (exact) mass is 344 g/mol. The molecule has 2 aliphatic heterocycles. The van der Waals surface area contributed by atoms with Crippen molar-refractivity contribution in [1.82, 2.24) is 9.88 Å². The van der Waals surface area contributed by atoms with E-state index in [0.717, 1.165) is 38.2 Å². The molecule has 0 saturated carbocycles. The molecule has 4 nitrogen and oxygen atoms in total. The second kappa shape index (κ2) is 6.82. The highest BCUT2D eigenvalue weighted by molar-refractivity contribution is 7.09. The quantitative estimate of drug-likeness (QED) is 0.830. The first kappa shape index (κ1) is 16.1. The summed E-state index contributed by atoms with van der Waals surface area (Å²) >= 11 is 1.74. The molecule has 128 valence electrons. The second-order valence-electron chi connectivity index (χ2n) is 7.16. The molecular formula is C19H24N2O2S. The van der Waals surface area contributed by atoms with Crippen LogP contribution in [0.25, 0.3) is 0 Å². The summed E-state index contributed by atoms with van der Waals surface area (Å²) in [5.74, 6) is 1.53. The van der Waals surface area contributed by atoms with Gasteiger partial charge in [-0.15, -0.1) is 11.3 Å². The molecule has 0 amide bonds. The van der Waals surface area contributed by atoms with E-state index in [2.05, 4.69) is 16.8 Å². The normalized spacial score (nSPS) is 30.2. The molecule has 0 unspecified atom stereocenters. The zero-order valence-corrected chi connectivity index (χ0v) is 14.9. The van der Waals surface area contributed by atoms with Crippen LogP contribution in [0.3, 0.4) is 0 Å². The third-order valence-corrected chi connectivity index (χ3v) is 5.79. The molecule has 3 atom stereocenters. The first-order valence-electron chi connectivity index (χ1n) is 8.66. The van der Waals surface area contributed by atoms with Crippen molar-refractivity contribution in [2.45, 2.75) is 38.0 Å². The molecular weight excluding hydrogens is 320 g/mol. The van der Waals surface area contributed by atoms with Crippen LogP contribution in [0.15, 0.2) is 42.0 Å². The zero-order valence-electron chi connectivity index (χ0n) is 14.1. The van der Waals surface area contributed by atoms with Crippen molar-refractivity contribution in [1.29, 1.82) is 0 Å². The highest BCUT2D eigenvalue weighted by Crippen LogP contribution is 2.40. The molecule has 2 aliphatic rings. The maximum absolute atomic E-state index is 6.40. The zero-order chi connectivity index (χ0) is 16.4. The van der Waals surface area contributed by atoms with Crippen LogP contribution in [-0.2, 0) is 11.3 Å². The van der Waals surface area contributed by atoms with Crippen molar-refractivity contribution in [3.8, 4) is 5.75 Å². The fourth-order valence-electron chi connectivity index (χ4n) is 3.94. The first-order chi connectivity index (χ1) is 11.7. The summed E-state index contributed by atoms with van der Waals surface area (Å²) in [6.07, 6.45) is 4.56. The number of thiazole rings is 1. The summed E-state index contributed by atoms with van der Waals surface area (Å²) in [5, 5.41) is 0. The average Bonchev–Trinajstić information content (AvgIpc) is 3.21. The number of fused-ring (bicyclic) bond motifs is 1. The van der Waals surface area contributed by atoms with Gasteiger partial charge >= 0.3 is 0 Å². The van der Waals surface area contributed by atoms with Crippen molar-refractivity contribution >= 4 is 11.3 Å². The van der Waals surface area contributed by atoms with Gasteiger partial charge in [-0.2, -0.15) is 0 Å². The van der Waals surface area contributed by atoms with Crippen molar-refractivity contribution in [2.24, 2.45) is 5.92 Å². The molecule has 1 aromatic heterocycles. The van der Waals surface area contributed by atoms with E-state index in [0.29, 0.717) is 18.6 Å². The van der Waals surface area contributed by atoms with Gasteiger partial charge in [0.05, 0.1) is 11.6 Å². The van der Waals surface area contributed by atoms with Gasteiger partial charge in [0, 0.05) is 36.6 Å². The van der Waals surface area contributed by atoms with Gasteiger partial charge in [0.25, 0.3) is 0 Å². The Balaban J connectivity index is 1.33. The average molecular weight is 344 g/mol. The van der Waals surface area contributed by atoms with E-state index in [1.165, 1.54) is 4.88 Å². The number of benzene rings is 1. The van der Waals surface area contributed by atoms with Crippen LogP contribution in [-0.4, -0.2) is 41.3 Å². The van der Waals surface area contributed by atoms with Gasteiger partial charge < -0.3 is 9.47 Å². The number of hydrogen-bond acceptors (Lipinski definition) is 5. The molecule has 0 spiro atoms. The summed E-state index contributed by atoms with van der Waals surface area (Å²) in [5.41, 5.74) is 1.74.